The lowest BCUT2D eigenvalue weighted by Gasteiger charge is -2.44. The molecular weight excluding hydrogens is 255 g/mol. The molecule has 0 heterocycles. The van der Waals surface area contributed by atoms with Crippen LogP contribution in [0.3, 0.4) is 0 Å². The van der Waals surface area contributed by atoms with Gasteiger partial charge in [-0.05, 0) is 55.7 Å². The minimum absolute atomic E-state index is 0.112. The number of halogens is 1. The molecular formula is C16H25FN2O. The van der Waals surface area contributed by atoms with Crippen LogP contribution in [0.4, 0.5) is 4.39 Å². The molecule has 0 aromatic heterocycles. The third kappa shape index (κ3) is 2.87. The molecule has 1 aromatic rings. The fourth-order valence-electron chi connectivity index (χ4n) is 3.26. The van der Waals surface area contributed by atoms with Crippen LogP contribution in [0.2, 0.25) is 0 Å². The summed E-state index contributed by atoms with van der Waals surface area (Å²) in [5, 5.41) is 0. The largest absolute Gasteiger partial charge is 0.376 e. The fourth-order valence-corrected chi connectivity index (χ4v) is 3.26. The molecule has 0 aliphatic heterocycles. The summed E-state index contributed by atoms with van der Waals surface area (Å²) < 4.78 is 19.3. The maximum Gasteiger partial charge on any atom is 0.126 e. The minimum atomic E-state index is -0.300. The average Bonchev–Trinajstić information content (AvgIpc) is 2.46. The van der Waals surface area contributed by atoms with Crippen molar-refractivity contribution in [3.05, 3.63) is 35.1 Å². The van der Waals surface area contributed by atoms with Gasteiger partial charge in [-0.2, -0.15) is 0 Å². The number of hydrogen-bond acceptors (Lipinski definition) is 3. The Hall–Kier alpha value is -0.970. The molecule has 112 valence electrons. The molecule has 1 aliphatic rings. The van der Waals surface area contributed by atoms with Crippen LogP contribution in [-0.2, 0) is 4.74 Å². The Kier molecular flexibility index (Phi) is 4.78. The lowest BCUT2D eigenvalue weighted by atomic mass is 9.73. The van der Waals surface area contributed by atoms with Crippen molar-refractivity contribution in [1.82, 2.24) is 5.43 Å². The van der Waals surface area contributed by atoms with Crippen LogP contribution in [0, 0.1) is 18.7 Å². The molecule has 3 N–H and O–H groups in total. The number of ether oxygens (including phenoxy) is 1. The van der Waals surface area contributed by atoms with Gasteiger partial charge in [0.05, 0.1) is 11.6 Å². The lowest BCUT2D eigenvalue weighted by molar-refractivity contribution is -0.0761. The predicted molar refractivity (Wildman–Crippen MR) is 78.6 cm³/mol. The van der Waals surface area contributed by atoms with Crippen molar-refractivity contribution in [1.29, 1.82) is 0 Å². The van der Waals surface area contributed by atoms with Crippen molar-refractivity contribution < 1.29 is 9.13 Å². The molecule has 1 fully saturated rings. The molecule has 3 nitrogen and oxygen atoms in total. The Bertz CT molecular complexity index is 456. The van der Waals surface area contributed by atoms with E-state index in [1.165, 1.54) is 6.07 Å². The van der Waals surface area contributed by atoms with Gasteiger partial charge in [-0.15, -0.1) is 0 Å². The van der Waals surface area contributed by atoms with Crippen LogP contribution in [0.25, 0.3) is 0 Å². The highest BCUT2D eigenvalue weighted by Gasteiger charge is 2.42. The number of benzene rings is 1. The smallest absolute Gasteiger partial charge is 0.126 e. The van der Waals surface area contributed by atoms with Crippen molar-refractivity contribution in [3.63, 3.8) is 0 Å². The minimum Gasteiger partial charge on any atom is -0.376 e. The van der Waals surface area contributed by atoms with Crippen molar-refractivity contribution in [2.75, 3.05) is 7.11 Å². The normalized spacial score (nSPS) is 28.4. The van der Waals surface area contributed by atoms with Crippen LogP contribution in [0.1, 0.15) is 49.8 Å². The highest BCUT2D eigenvalue weighted by molar-refractivity contribution is 5.28. The van der Waals surface area contributed by atoms with E-state index in [0.717, 1.165) is 37.2 Å². The monoisotopic (exact) mass is 280 g/mol. The lowest BCUT2D eigenvalue weighted by Crippen LogP contribution is -2.50. The van der Waals surface area contributed by atoms with Gasteiger partial charge in [0.2, 0.25) is 0 Å². The highest BCUT2D eigenvalue weighted by Crippen LogP contribution is 2.42. The molecule has 0 spiro atoms. The van der Waals surface area contributed by atoms with Crippen LogP contribution < -0.4 is 11.3 Å². The molecule has 2 rings (SSSR count). The number of rotatable bonds is 4. The Balaban J connectivity index is 2.31. The first-order valence-electron chi connectivity index (χ1n) is 7.30. The first kappa shape index (κ1) is 15.4. The van der Waals surface area contributed by atoms with Crippen LogP contribution in [0.5, 0.6) is 0 Å². The number of hydrazine groups is 1. The van der Waals surface area contributed by atoms with Crippen molar-refractivity contribution in [2.24, 2.45) is 11.8 Å². The zero-order valence-corrected chi connectivity index (χ0v) is 12.6. The Morgan fingerprint density at radius 1 is 1.40 bits per heavy atom. The third-order valence-electron chi connectivity index (χ3n) is 4.74. The maximum absolute atomic E-state index is 13.5. The number of nitrogens with two attached hydrogens (primary N) is 1. The molecule has 0 radical (unpaired) electrons. The molecule has 1 aromatic carbocycles. The number of hydrogen-bond donors (Lipinski definition) is 2. The summed E-state index contributed by atoms with van der Waals surface area (Å²) in [6.07, 6.45) is 4.20. The van der Waals surface area contributed by atoms with Gasteiger partial charge in [0.25, 0.3) is 0 Å². The van der Waals surface area contributed by atoms with Crippen molar-refractivity contribution in [2.45, 2.75) is 51.2 Å². The first-order valence-corrected chi connectivity index (χ1v) is 7.30. The quantitative estimate of drug-likeness (QED) is 0.657. The zero-order chi connectivity index (χ0) is 14.8. The summed E-state index contributed by atoms with van der Waals surface area (Å²) >= 11 is 0. The zero-order valence-electron chi connectivity index (χ0n) is 12.6. The Labute approximate surface area is 120 Å². The van der Waals surface area contributed by atoms with Gasteiger partial charge in [0.1, 0.15) is 5.82 Å². The molecule has 1 atom stereocenters. The maximum atomic E-state index is 13.5. The average molecular weight is 280 g/mol. The van der Waals surface area contributed by atoms with Crippen molar-refractivity contribution >= 4 is 0 Å². The molecule has 0 amide bonds. The SMILES string of the molecule is COC1(C(NN)c2ccc(F)c(C)c2)CCC(C)CC1. The molecule has 0 bridgehead atoms. The van der Waals surface area contributed by atoms with Gasteiger partial charge in [-0.3, -0.25) is 11.3 Å². The summed E-state index contributed by atoms with van der Waals surface area (Å²) in [7, 11) is 1.75. The summed E-state index contributed by atoms with van der Waals surface area (Å²) in [5.74, 6) is 6.34. The summed E-state index contributed by atoms with van der Waals surface area (Å²) in [4.78, 5) is 0. The van der Waals surface area contributed by atoms with Crippen LogP contribution in [0.15, 0.2) is 18.2 Å². The topological polar surface area (TPSA) is 47.3 Å². The molecule has 1 aliphatic carbocycles. The first-order chi connectivity index (χ1) is 9.52. The van der Waals surface area contributed by atoms with E-state index in [0.29, 0.717) is 5.56 Å². The van der Waals surface area contributed by atoms with Crippen molar-refractivity contribution in [3.8, 4) is 0 Å². The van der Waals surface area contributed by atoms with Gasteiger partial charge in [-0.25, -0.2) is 4.39 Å². The third-order valence-corrected chi connectivity index (χ3v) is 4.74. The van der Waals surface area contributed by atoms with E-state index < -0.39 is 0 Å². The molecule has 1 saturated carbocycles. The van der Waals surface area contributed by atoms with E-state index in [9.17, 15) is 4.39 Å². The summed E-state index contributed by atoms with van der Waals surface area (Å²) in [6.45, 7) is 4.04. The molecule has 20 heavy (non-hydrogen) atoms. The number of methoxy groups -OCH3 is 1. The van der Waals surface area contributed by atoms with Gasteiger partial charge < -0.3 is 4.74 Å². The molecule has 4 heteroatoms. The van der Waals surface area contributed by atoms with E-state index >= 15 is 0 Å². The van der Waals surface area contributed by atoms with Gasteiger partial charge in [0.15, 0.2) is 0 Å². The van der Waals surface area contributed by atoms with E-state index in [2.05, 4.69) is 12.3 Å². The summed E-state index contributed by atoms with van der Waals surface area (Å²) in [5.41, 5.74) is 4.22. The predicted octanol–water partition coefficient (Wildman–Crippen LogP) is 3.23. The van der Waals surface area contributed by atoms with E-state index in [1.54, 1.807) is 20.1 Å². The highest BCUT2D eigenvalue weighted by atomic mass is 19.1. The van der Waals surface area contributed by atoms with Gasteiger partial charge in [-0.1, -0.05) is 19.1 Å². The summed E-state index contributed by atoms with van der Waals surface area (Å²) in [6, 6.07) is 5.05. The molecule has 0 saturated heterocycles. The van der Waals surface area contributed by atoms with Gasteiger partial charge in [0, 0.05) is 7.11 Å². The van der Waals surface area contributed by atoms with Crippen LogP contribution in [-0.4, -0.2) is 12.7 Å². The Morgan fingerprint density at radius 2 is 2.05 bits per heavy atom. The second-order valence-corrected chi connectivity index (χ2v) is 6.06. The second-order valence-electron chi connectivity index (χ2n) is 6.06. The Morgan fingerprint density at radius 3 is 2.55 bits per heavy atom. The van der Waals surface area contributed by atoms with E-state index in [-0.39, 0.29) is 17.5 Å². The molecule has 1 unspecified atom stereocenters. The fraction of sp³-hybridized carbons (Fsp3) is 0.625. The van der Waals surface area contributed by atoms with Gasteiger partial charge >= 0.3 is 0 Å². The van der Waals surface area contributed by atoms with E-state index in [1.807, 2.05) is 6.07 Å². The van der Waals surface area contributed by atoms with E-state index in [4.69, 9.17) is 10.6 Å². The standard InChI is InChI=1S/C16H25FN2O/c1-11-6-8-16(20-3,9-7-11)15(19-18)13-4-5-14(17)12(2)10-13/h4-5,10-11,15,19H,6-9,18H2,1-3H3. The van der Waals surface area contributed by atoms with Crippen LogP contribution >= 0.6 is 0 Å². The number of aryl methyl sites for hydroxylation is 1. The number of nitrogens with one attached hydrogen (secondary N) is 1. The second kappa shape index (κ2) is 6.20.